The van der Waals surface area contributed by atoms with Gasteiger partial charge in [0, 0.05) is 12.8 Å². The molecule has 350 valence electrons. The molecule has 9 nitrogen and oxygen atoms in total. The van der Waals surface area contributed by atoms with E-state index >= 15 is 0 Å². The third-order valence-electron chi connectivity index (χ3n) is 10.3. The summed E-state index contributed by atoms with van der Waals surface area (Å²) >= 11 is 0. The van der Waals surface area contributed by atoms with E-state index < -0.39 is 32.5 Å². The molecule has 0 saturated carbocycles. The minimum Gasteiger partial charge on any atom is -0.756 e. The number of ether oxygens (including phenoxy) is 2. The van der Waals surface area contributed by atoms with Gasteiger partial charge in [0.25, 0.3) is 7.82 Å². The largest absolute Gasteiger partial charge is 0.756 e. The molecule has 0 radical (unpaired) electrons. The van der Waals surface area contributed by atoms with Gasteiger partial charge in [0.2, 0.25) is 0 Å². The molecule has 0 rings (SSSR count). The van der Waals surface area contributed by atoms with E-state index in [0.717, 1.165) is 44.9 Å². The van der Waals surface area contributed by atoms with E-state index in [-0.39, 0.29) is 26.1 Å². The molecule has 0 amide bonds. The highest BCUT2D eigenvalue weighted by Crippen LogP contribution is 2.38. The number of carbonyl (C=O) groups excluding carboxylic acids is 2. The van der Waals surface area contributed by atoms with Crippen LogP contribution in [0.25, 0.3) is 0 Å². The summed E-state index contributed by atoms with van der Waals surface area (Å²) in [4.78, 5) is 37.6. The van der Waals surface area contributed by atoms with Crippen molar-refractivity contribution in [2.24, 2.45) is 0 Å². The number of hydrogen-bond donors (Lipinski definition) is 0. The van der Waals surface area contributed by atoms with E-state index in [9.17, 15) is 19.0 Å². The Morgan fingerprint density at radius 3 is 1.40 bits per heavy atom. The Bertz CT molecular complexity index is 1160. The van der Waals surface area contributed by atoms with Crippen LogP contribution in [0.15, 0.2) is 48.6 Å². The first-order valence-corrected chi connectivity index (χ1v) is 25.8. The number of phosphoric acid groups is 1. The van der Waals surface area contributed by atoms with Crippen LogP contribution in [0.3, 0.4) is 0 Å². The SMILES string of the molecule is CCCCCCCC/C=C/C/C=C/C/C=C/CCCC(=O)OC[C@H](COP(=O)([O-])OCC[N+](C)(C)C)OC(=O)CCCCCCCCCCC/C=C/CCCCCCCC. The van der Waals surface area contributed by atoms with Gasteiger partial charge in [0.15, 0.2) is 6.10 Å². The maximum Gasteiger partial charge on any atom is 0.306 e. The molecule has 0 aromatic heterocycles. The topological polar surface area (TPSA) is 111 Å². The average molecular weight is 866 g/mol. The van der Waals surface area contributed by atoms with Gasteiger partial charge in [-0.25, -0.2) is 0 Å². The molecule has 2 atom stereocenters. The number of allylic oxidation sites excluding steroid dienone is 8. The van der Waals surface area contributed by atoms with Gasteiger partial charge in [-0.1, -0.05) is 172 Å². The van der Waals surface area contributed by atoms with E-state index in [2.05, 4.69) is 62.5 Å². The molecule has 0 aliphatic carbocycles. The molecule has 0 saturated heterocycles. The van der Waals surface area contributed by atoms with Crippen LogP contribution in [-0.4, -0.2) is 70.0 Å². The van der Waals surface area contributed by atoms with Gasteiger partial charge in [-0.05, 0) is 70.6 Å². The number of unbranched alkanes of at least 4 members (excludes halogenated alkanes) is 22. The number of likely N-dealkylation sites (N-methyl/N-ethyl adjacent to an activating group) is 1. The molecule has 0 N–H and O–H groups in total. The molecule has 0 aromatic rings. The van der Waals surface area contributed by atoms with Crippen molar-refractivity contribution in [2.45, 2.75) is 213 Å². The monoisotopic (exact) mass is 866 g/mol. The maximum atomic E-state index is 12.7. The molecule has 10 heteroatoms. The quantitative estimate of drug-likeness (QED) is 0.0196. The molecule has 0 aliphatic rings. The van der Waals surface area contributed by atoms with Gasteiger partial charge in [-0.3, -0.25) is 14.2 Å². The first-order chi connectivity index (χ1) is 29.0. The van der Waals surface area contributed by atoms with Crippen LogP contribution in [0, 0.1) is 0 Å². The molecule has 0 spiro atoms. The van der Waals surface area contributed by atoms with E-state index in [4.69, 9.17) is 18.5 Å². The summed E-state index contributed by atoms with van der Waals surface area (Å²) in [5, 5.41) is 0. The fourth-order valence-corrected chi connectivity index (χ4v) is 7.22. The smallest absolute Gasteiger partial charge is 0.306 e. The lowest BCUT2D eigenvalue weighted by Gasteiger charge is -2.28. The van der Waals surface area contributed by atoms with Crippen LogP contribution < -0.4 is 4.89 Å². The average Bonchev–Trinajstić information content (AvgIpc) is 3.20. The Balaban J connectivity index is 4.37. The predicted octanol–water partition coefficient (Wildman–Crippen LogP) is 13.6. The van der Waals surface area contributed by atoms with Crippen molar-refractivity contribution in [3.63, 3.8) is 0 Å². The zero-order chi connectivity index (χ0) is 44.3. The number of esters is 2. The van der Waals surface area contributed by atoms with Gasteiger partial charge >= 0.3 is 11.9 Å². The predicted molar refractivity (Wildman–Crippen MR) is 250 cm³/mol. The summed E-state index contributed by atoms with van der Waals surface area (Å²) < 4.78 is 33.9. The Labute approximate surface area is 369 Å². The molecule has 0 fully saturated rings. The number of nitrogens with zero attached hydrogens (tertiary/aromatic N) is 1. The molecule has 1 unspecified atom stereocenters. The minimum absolute atomic E-state index is 0.0395. The van der Waals surface area contributed by atoms with Crippen LogP contribution in [0.1, 0.15) is 206 Å². The molecular weight excluding hydrogens is 774 g/mol. The lowest BCUT2D eigenvalue weighted by Crippen LogP contribution is -2.37. The van der Waals surface area contributed by atoms with Gasteiger partial charge in [-0.15, -0.1) is 0 Å². The molecule has 60 heavy (non-hydrogen) atoms. The van der Waals surface area contributed by atoms with E-state index in [1.807, 2.05) is 21.1 Å². The van der Waals surface area contributed by atoms with Gasteiger partial charge in [-0.2, -0.15) is 0 Å². The van der Waals surface area contributed by atoms with Crippen molar-refractivity contribution < 1.29 is 42.1 Å². The van der Waals surface area contributed by atoms with Gasteiger partial charge in [0.05, 0.1) is 27.7 Å². The Morgan fingerprint density at radius 2 is 0.917 bits per heavy atom. The van der Waals surface area contributed by atoms with Crippen LogP contribution >= 0.6 is 7.82 Å². The fraction of sp³-hybridized carbons (Fsp3) is 0.800. The van der Waals surface area contributed by atoms with Crippen LogP contribution in [0.4, 0.5) is 0 Å². The highest BCUT2D eigenvalue weighted by atomic mass is 31.2. The van der Waals surface area contributed by atoms with Crippen molar-refractivity contribution in [1.29, 1.82) is 0 Å². The van der Waals surface area contributed by atoms with Crippen molar-refractivity contribution in [3.8, 4) is 0 Å². The van der Waals surface area contributed by atoms with Crippen LogP contribution in [-0.2, 0) is 32.7 Å². The van der Waals surface area contributed by atoms with Gasteiger partial charge < -0.3 is 27.9 Å². The second-order valence-corrected chi connectivity index (χ2v) is 18.9. The Morgan fingerprint density at radius 1 is 0.517 bits per heavy atom. The summed E-state index contributed by atoms with van der Waals surface area (Å²) in [6.07, 6.45) is 50.0. The second-order valence-electron chi connectivity index (χ2n) is 17.5. The zero-order valence-corrected chi connectivity index (χ0v) is 40.3. The standard InChI is InChI=1S/C50H92NO8P/c1-6-8-10-12-14-16-18-20-22-24-25-27-29-31-33-35-37-39-41-43-50(53)59-48(47-58-60(54,55)57-45-44-51(3,4)5)46-56-49(52)42-40-38-36-34-32-30-28-26-23-21-19-17-15-13-11-9-7-2/h20-23,28,30,34,36,48H,6-19,24-27,29,31-33,35,37-47H2,1-5H3/b22-20+,23-21+,30-28+,36-34+/t48-/m1/s1. The molecular formula is C50H92NO8P. The third-order valence-corrected chi connectivity index (χ3v) is 11.3. The van der Waals surface area contributed by atoms with Crippen molar-refractivity contribution in [2.75, 3.05) is 47.5 Å². The zero-order valence-electron chi connectivity index (χ0n) is 39.4. The summed E-state index contributed by atoms with van der Waals surface area (Å²) in [6, 6.07) is 0. The first kappa shape index (κ1) is 58.0. The normalized spacial score (nSPS) is 13.9. The van der Waals surface area contributed by atoms with Crippen LogP contribution in [0.2, 0.25) is 0 Å². The Hall–Kier alpha value is -2.03. The van der Waals surface area contributed by atoms with Crippen LogP contribution in [0.5, 0.6) is 0 Å². The highest BCUT2D eigenvalue weighted by molar-refractivity contribution is 7.45. The lowest BCUT2D eigenvalue weighted by molar-refractivity contribution is -0.870. The summed E-state index contributed by atoms with van der Waals surface area (Å²) in [6.45, 7) is 4.17. The molecule has 0 heterocycles. The molecule has 0 aromatic carbocycles. The molecule has 0 aliphatic heterocycles. The fourth-order valence-electron chi connectivity index (χ4n) is 6.49. The van der Waals surface area contributed by atoms with Crippen molar-refractivity contribution >= 4 is 19.8 Å². The number of rotatable bonds is 44. The van der Waals surface area contributed by atoms with E-state index in [1.54, 1.807) is 0 Å². The number of quaternary nitrogens is 1. The van der Waals surface area contributed by atoms with Gasteiger partial charge in [0.1, 0.15) is 19.8 Å². The summed E-state index contributed by atoms with van der Waals surface area (Å²) in [5.41, 5.74) is 0. The Kier molecular flexibility index (Phi) is 40.8. The summed E-state index contributed by atoms with van der Waals surface area (Å²) in [7, 11) is 1.14. The van der Waals surface area contributed by atoms with Crippen molar-refractivity contribution in [1.82, 2.24) is 0 Å². The molecule has 0 bridgehead atoms. The first-order valence-electron chi connectivity index (χ1n) is 24.3. The second kappa shape index (κ2) is 42.3. The lowest BCUT2D eigenvalue weighted by atomic mass is 10.1. The minimum atomic E-state index is -4.64. The number of carbonyl (C=O) groups is 2. The number of phosphoric ester groups is 1. The van der Waals surface area contributed by atoms with Crippen molar-refractivity contribution in [3.05, 3.63) is 48.6 Å². The summed E-state index contributed by atoms with van der Waals surface area (Å²) in [5.74, 6) is -0.895. The van der Waals surface area contributed by atoms with E-state index in [1.165, 1.54) is 122 Å². The van der Waals surface area contributed by atoms with E-state index in [0.29, 0.717) is 23.9 Å². The third kappa shape index (κ3) is 45.5. The maximum absolute atomic E-state index is 12.7. The highest BCUT2D eigenvalue weighted by Gasteiger charge is 2.21. The number of hydrogen-bond acceptors (Lipinski definition) is 8.